The van der Waals surface area contributed by atoms with E-state index in [9.17, 15) is 14.0 Å². The molecule has 3 N–H and O–H groups in total. The molecule has 0 spiro atoms. The molecule has 1 rings (SSSR count). The van der Waals surface area contributed by atoms with Crippen molar-refractivity contribution in [3.8, 4) is 0 Å². The second kappa shape index (κ2) is 7.59. The predicted molar refractivity (Wildman–Crippen MR) is 74.4 cm³/mol. The zero-order valence-electron chi connectivity index (χ0n) is 11.7. The molecule has 0 heterocycles. The molecule has 6 heteroatoms. The number of urea groups is 1. The van der Waals surface area contributed by atoms with E-state index in [2.05, 4.69) is 4.90 Å². The Morgan fingerprint density at radius 3 is 2.50 bits per heavy atom. The summed E-state index contributed by atoms with van der Waals surface area (Å²) >= 11 is 0. The molecule has 5 nitrogen and oxygen atoms in total. The molecule has 0 aliphatic heterocycles. The first-order valence-corrected chi connectivity index (χ1v) is 6.45. The highest BCUT2D eigenvalue weighted by Crippen LogP contribution is 2.19. The molecule has 20 heavy (non-hydrogen) atoms. The molecule has 3 amide bonds. The lowest BCUT2D eigenvalue weighted by Gasteiger charge is -2.24. The third-order valence-electron chi connectivity index (χ3n) is 3.19. The molecular formula is C14H20FN3O2. The first-order chi connectivity index (χ1) is 9.40. The number of nitrogens with two attached hydrogens (primary N) is 1. The highest BCUT2D eigenvalue weighted by atomic mass is 19.1. The van der Waals surface area contributed by atoms with Gasteiger partial charge >= 0.3 is 6.03 Å². The summed E-state index contributed by atoms with van der Waals surface area (Å²) in [4.78, 5) is 23.8. The summed E-state index contributed by atoms with van der Waals surface area (Å²) in [6.45, 7) is 2.70. The quantitative estimate of drug-likeness (QED) is 0.834. The Morgan fingerprint density at radius 2 is 1.95 bits per heavy atom. The van der Waals surface area contributed by atoms with Crippen molar-refractivity contribution in [3.05, 3.63) is 35.6 Å². The van der Waals surface area contributed by atoms with Crippen LogP contribution < -0.4 is 11.1 Å². The van der Waals surface area contributed by atoms with Crippen LogP contribution in [0, 0.1) is 5.82 Å². The molecule has 0 unspecified atom stereocenters. The molecule has 0 saturated carbocycles. The minimum atomic E-state index is -0.831. The molecule has 0 aliphatic carbocycles. The Labute approximate surface area is 117 Å². The van der Waals surface area contributed by atoms with E-state index in [0.29, 0.717) is 13.0 Å². The minimum absolute atomic E-state index is 0.120. The zero-order chi connectivity index (χ0) is 15.1. The van der Waals surface area contributed by atoms with E-state index in [-0.39, 0.29) is 24.2 Å². The normalized spacial score (nSPS) is 12.2. The van der Waals surface area contributed by atoms with Gasteiger partial charge in [0.1, 0.15) is 5.82 Å². The molecule has 0 aliphatic rings. The number of hydrogen-bond acceptors (Lipinski definition) is 3. The van der Waals surface area contributed by atoms with Crippen LogP contribution in [0.4, 0.5) is 9.18 Å². The molecule has 0 aromatic heterocycles. The van der Waals surface area contributed by atoms with Crippen LogP contribution in [0.15, 0.2) is 24.3 Å². The van der Waals surface area contributed by atoms with Crippen LogP contribution in [-0.4, -0.2) is 30.4 Å². The average Bonchev–Trinajstić information content (AvgIpc) is 2.37. The van der Waals surface area contributed by atoms with Crippen LogP contribution in [0.5, 0.6) is 0 Å². The Kier molecular flexibility index (Phi) is 6.11. The largest absolute Gasteiger partial charge is 0.351 e. The summed E-state index contributed by atoms with van der Waals surface area (Å²) in [5.41, 5.74) is 5.86. The number of imide groups is 1. The third-order valence-corrected chi connectivity index (χ3v) is 3.19. The molecule has 0 saturated heterocycles. The maximum atomic E-state index is 12.9. The van der Waals surface area contributed by atoms with Gasteiger partial charge in [-0.05, 0) is 44.6 Å². The Morgan fingerprint density at radius 1 is 1.35 bits per heavy atom. The fourth-order valence-corrected chi connectivity index (χ4v) is 1.88. The zero-order valence-corrected chi connectivity index (χ0v) is 11.7. The van der Waals surface area contributed by atoms with Gasteiger partial charge in [0, 0.05) is 12.5 Å². The summed E-state index contributed by atoms with van der Waals surface area (Å²) in [6.07, 6.45) is 0.852. The van der Waals surface area contributed by atoms with Crippen molar-refractivity contribution in [1.29, 1.82) is 0 Å². The van der Waals surface area contributed by atoms with Crippen LogP contribution in [-0.2, 0) is 4.79 Å². The molecule has 1 aromatic rings. The van der Waals surface area contributed by atoms with Crippen molar-refractivity contribution in [2.45, 2.75) is 25.8 Å². The van der Waals surface area contributed by atoms with Crippen LogP contribution in [0.25, 0.3) is 0 Å². The van der Waals surface area contributed by atoms with E-state index >= 15 is 0 Å². The molecule has 110 valence electrons. The second-order valence-corrected chi connectivity index (χ2v) is 4.72. The van der Waals surface area contributed by atoms with Gasteiger partial charge in [-0.15, -0.1) is 0 Å². The lowest BCUT2D eigenvalue weighted by atomic mass is 10.1. The van der Waals surface area contributed by atoms with Crippen molar-refractivity contribution >= 4 is 11.9 Å². The summed E-state index contributed by atoms with van der Waals surface area (Å²) in [6, 6.07) is 5.64. The van der Waals surface area contributed by atoms with Crippen LogP contribution in [0.3, 0.4) is 0 Å². The monoisotopic (exact) mass is 281 g/mol. The number of benzene rings is 1. The number of amides is 3. The van der Waals surface area contributed by atoms with E-state index in [0.717, 1.165) is 5.56 Å². The molecule has 1 aromatic carbocycles. The van der Waals surface area contributed by atoms with E-state index in [1.54, 1.807) is 12.1 Å². The van der Waals surface area contributed by atoms with E-state index in [4.69, 9.17) is 5.73 Å². The maximum absolute atomic E-state index is 12.9. The second-order valence-electron chi connectivity index (χ2n) is 4.72. The van der Waals surface area contributed by atoms with Crippen molar-refractivity contribution in [3.63, 3.8) is 0 Å². The summed E-state index contributed by atoms with van der Waals surface area (Å²) in [5.74, 6) is -0.632. The van der Waals surface area contributed by atoms with Gasteiger partial charge in [0.05, 0.1) is 0 Å². The van der Waals surface area contributed by atoms with Gasteiger partial charge in [0.25, 0.3) is 0 Å². The molecule has 0 fully saturated rings. The molecule has 1 atom stereocenters. The smallest absolute Gasteiger partial charge is 0.318 e. The SMILES string of the molecule is C[C@H](c1ccc(F)cc1)N(C)CCCC(=O)NC(N)=O. The fourth-order valence-electron chi connectivity index (χ4n) is 1.88. The highest BCUT2D eigenvalue weighted by molar-refractivity contribution is 5.93. The number of primary amides is 1. The predicted octanol–water partition coefficient (Wildman–Crippen LogP) is 1.79. The van der Waals surface area contributed by atoms with Gasteiger partial charge in [-0.2, -0.15) is 0 Å². The minimum Gasteiger partial charge on any atom is -0.351 e. The van der Waals surface area contributed by atoms with Gasteiger partial charge < -0.3 is 5.73 Å². The Balaban J connectivity index is 2.38. The average molecular weight is 281 g/mol. The molecule has 0 radical (unpaired) electrons. The highest BCUT2D eigenvalue weighted by Gasteiger charge is 2.12. The standard InChI is InChI=1S/C14H20FN3O2/c1-10(11-5-7-12(15)8-6-11)18(2)9-3-4-13(19)17-14(16)20/h5-8,10H,3-4,9H2,1-2H3,(H3,16,17,19,20)/t10-/m1/s1. The third kappa shape index (κ3) is 5.36. The van der Waals surface area contributed by atoms with E-state index in [1.165, 1.54) is 12.1 Å². The Hall–Kier alpha value is -1.95. The number of halogens is 1. The van der Waals surface area contributed by atoms with Crippen molar-refractivity contribution in [2.24, 2.45) is 5.73 Å². The topological polar surface area (TPSA) is 75.4 Å². The van der Waals surface area contributed by atoms with Crippen molar-refractivity contribution in [2.75, 3.05) is 13.6 Å². The Bertz CT molecular complexity index is 462. The number of nitrogens with zero attached hydrogens (tertiary/aromatic N) is 1. The first kappa shape index (κ1) is 16.1. The van der Waals surface area contributed by atoms with Gasteiger partial charge in [-0.3, -0.25) is 15.0 Å². The number of carbonyl (C=O) groups excluding carboxylic acids is 2. The van der Waals surface area contributed by atoms with Crippen LogP contribution in [0.2, 0.25) is 0 Å². The first-order valence-electron chi connectivity index (χ1n) is 6.45. The van der Waals surface area contributed by atoms with E-state index in [1.807, 2.05) is 19.3 Å². The lowest BCUT2D eigenvalue weighted by molar-refractivity contribution is -0.120. The van der Waals surface area contributed by atoms with Crippen LogP contribution >= 0.6 is 0 Å². The summed E-state index contributed by atoms with van der Waals surface area (Å²) in [5, 5.41) is 2.02. The van der Waals surface area contributed by atoms with Crippen molar-refractivity contribution < 1.29 is 14.0 Å². The molecular weight excluding hydrogens is 261 g/mol. The fraction of sp³-hybridized carbons (Fsp3) is 0.429. The van der Waals surface area contributed by atoms with Crippen LogP contribution in [0.1, 0.15) is 31.4 Å². The van der Waals surface area contributed by atoms with E-state index < -0.39 is 6.03 Å². The lowest BCUT2D eigenvalue weighted by Crippen LogP contribution is -2.35. The molecule has 0 bridgehead atoms. The number of hydrogen-bond donors (Lipinski definition) is 2. The van der Waals surface area contributed by atoms with Gasteiger partial charge in [-0.1, -0.05) is 12.1 Å². The number of rotatable bonds is 6. The van der Waals surface area contributed by atoms with Gasteiger partial charge in [0.15, 0.2) is 0 Å². The van der Waals surface area contributed by atoms with Gasteiger partial charge in [0.2, 0.25) is 5.91 Å². The number of nitrogens with one attached hydrogen (secondary N) is 1. The maximum Gasteiger partial charge on any atom is 0.318 e. The summed E-state index contributed by atoms with van der Waals surface area (Å²) in [7, 11) is 1.93. The van der Waals surface area contributed by atoms with Crippen molar-refractivity contribution in [1.82, 2.24) is 10.2 Å². The summed E-state index contributed by atoms with van der Waals surface area (Å²) < 4.78 is 12.9. The number of carbonyl (C=O) groups is 2. The van der Waals surface area contributed by atoms with Gasteiger partial charge in [-0.25, -0.2) is 9.18 Å².